The minimum absolute atomic E-state index is 0.363. The van der Waals surface area contributed by atoms with Gasteiger partial charge in [-0.15, -0.1) is 0 Å². The Morgan fingerprint density at radius 1 is 1.11 bits per heavy atom. The predicted octanol–water partition coefficient (Wildman–Crippen LogP) is 3.49. The van der Waals surface area contributed by atoms with Gasteiger partial charge in [-0.05, 0) is 43.3 Å². The van der Waals surface area contributed by atoms with Crippen LogP contribution >= 0.6 is 0 Å². The van der Waals surface area contributed by atoms with Crippen molar-refractivity contribution in [3.05, 3.63) is 65.1 Å². The van der Waals surface area contributed by atoms with Crippen molar-refractivity contribution in [3.8, 4) is 5.75 Å². The van der Waals surface area contributed by atoms with E-state index in [2.05, 4.69) is 0 Å². The number of benzene rings is 2. The molecule has 0 amide bonds. The summed E-state index contributed by atoms with van der Waals surface area (Å²) < 4.78 is 18.8. The SMILES string of the molecule is CCOc1ccc(/C=[N+](\[O-])c2ccc(F)cc2)cc1. The third-order valence-electron chi connectivity index (χ3n) is 2.54. The van der Waals surface area contributed by atoms with E-state index in [0.29, 0.717) is 17.0 Å². The fourth-order valence-electron chi connectivity index (χ4n) is 1.61. The molecule has 0 atom stereocenters. The first-order valence-corrected chi connectivity index (χ1v) is 5.98. The molecule has 0 N–H and O–H groups in total. The van der Waals surface area contributed by atoms with Gasteiger partial charge in [0.1, 0.15) is 11.6 Å². The molecule has 19 heavy (non-hydrogen) atoms. The van der Waals surface area contributed by atoms with Gasteiger partial charge in [-0.1, -0.05) is 0 Å². The van der Waals surface area contributed by atoms with E-state index < -0.39 is 0 Å². The molecule has 0 aromatic heterocycles. The summed E-state index contributed by atoms with van der Waals surface area (Å²) in [6.45, 7) is 2.51. The first-order chi connectivity index (χ1) is 9.19. The maximum Gasteiger partial charge on any atom is 0.216 e. The fourth-order valence-corrected chi connectivity index (χ4v) is 1.61. The largest absolute Gasteiger partial charge is 0.618 e. The molecule has 0 aliphatic carbocycles. The van der Waals surface area contributed by atoms with Gasteiger partial charge in [0, 0.05) is 17.7 Å². The van der Waals surface area contributed by atoms with Crippen LogP contribution in [0.3, 0.4) is 0 Å². The second-order valence-electron chi connectivity index (χ2n) is 3.93. The van der Waals surface area contributed by atoms with Crippen molar-refractivity contribution in [3.63, 3.8) is 0 Å². The third kappa shape index (κ3) is 3.55. The third-order valence-corrected chi connectivity index (χ3v) is 2.54. The van der Waals surface area contributed by atoms with Crippen molar-refractivity contribution in [2.24, 2.45) is 0 Å². The highest BCUT2D eigenvalue weighted by molar-refractivity contribution is 5.76. The summed E-state index contributed by atoms with van der Waals surface area (Å²) in [5, 5.41) is 11.8. The van der Waals surface area contributed by atoms with Crippen LogP contribution in [0.5, 0.6) is 5.75 Å². The first kappa shape index (κ1) is 13.1. The maximum atomic E-state index is 12.7. The minimum atomic E-state index is -0.363. The lowest BCUT2D eigenvalue weighted by atomic mass is 10.2. The molecule has 2 aromatic rings. The van der Waals surface area contributed by atoms with E-state index >= 15 is 0 Å². The zero-order chi connectivity index (χ0) is 13.7. The van der Waals surface area contributed by atoms with Gasteiger partial charge in [0.25, 0.3) is 0 Å². The highest BCUT2D eigenvalue weighted by Gasteiger charge is 2.02. The molecule has 0 aliphatic rings. The van der Waals surface area contributed by atoms with E-state index in [1.165, 1.54) is 30.5 Å². The molecule has 4 heteroatoms. The number of ether oxygens (including phenoxy) is 1. The topological polar surface area (TPSA) is 35.3 Å². The summed E-state index contributed by atoms with van der Waals surface area (Å²) in [5.41, 5.74) is 1.14. The van der Waals surface area contributed by atoms with Crippen molar-refractivity contribution < 1.29 is 13.9 Å². The Kier molecular flexibility index (Phi) is 4.13. The van der Waals surface area contributed by atoms with E-state index in [1.807, 2.05) is 6.92 Å². The Labute approximate surface area is 111 Å². The molecule has 0 saturated heterocycles. The van der Waals surface area contributed by atoms with Crippen LogP contribution in [0.2, 0.25) is 0 Å². The van der Waals surface area contributed by atoms with Crippen molar-refractivity contribution in [1.29, 1.82) is 0 Å². The second kappa shape index (κ2) is 6.00. The van der Waals surface area contributed by atoms with Crippen molar-refractivity contribution >= 4 is 11.9 Å². The van der Waals surface area contributed by atoms with E-state index in [0.717, 1.165) is 11.3 Å². The lowest BCUT2D eigenvalue weighted by molar-refractivity contribution is -0.354. The quantitative estimate of drug-likeness (QED) is 0.364. The molecule has 0 saturated carbocycles. The molecule has 2 aromatic carbocycles. The van der Waals surface area contributed by atoms with Gasteiger partial charge in [0.05, 0.1) is 6.61 Å². The van der Waals surface area contributed by atoms with Gasteiger partial charge in [0.2, 0.25) is 5.69 Å². The van der Waals surface area contributed by atoms with Crippen LogP contribution in [0.1, 0.15) is 12.5 Å². The van der Waals surface area contributed by atoms with Gasteiger partial charge in [-0.2, -0.15) is 4.74 Å². The molecular weight excluding hydrogens is 245 g/mol. The Morgan fingerprint density at radius 2 is 1.74 bits per heavy atom. The van der Waals surface area contributed by atoms with Gasteiger partial charge < -0.3 is 9.94 Å². The maximum absolute atomic E-state index is 12.7. The number of nitrogens with zero attached hydrogens (tertiary/aromatic N) is 1. The smallest absolute Gasteiger partial charge is 0.216 e. The van der Waals surface area contributed by atoms with Gasteiger partial charge >= 0.3 is 0 Å². The normalized spacial score (nSPS) is 11.4. The molecule has 98 valence electrons. The standard InChI is InChI=1S/C15H14FNO2/c1-2-19-15-9-3-12(4-10-15)11-17(18)14-7-5-13(16)6-8-14/h3-11H,2H2,1H3/b17-11-. The lowest BCUT2D eigenvalue weighted by Crippen LogP contribution is -1.99. The zero-order valence-electron chi connectivity index (χ0n) is 10.5. The second-order valence-corrected chi connectivity index (χ2v) is 3.93. The molecule has 0 fully saturated rings. The van der Waals surface area contributed by atoms with E-state index in [9.17, 15) is 9.60 Å². The van der Waals surface area contributed by atoms with Crippen LogP contribution < -0.4 is 4.74 Å². The van der Waals surface area contributed by atoms with E-state index in [-0.39, 0.29) is 5.82 Å². The summed E-state index contributed by atoms with van der Waals surface area (Å²) in [7, 11) is 0. The van der Waals surface area contributed by atoms with Crippen molar-refractivity contribution in [1.82, 2.24) is 0 Å². The number of rotatable bonds is 4. The predicted molar refractivity (Wildman–Crippen MR) is 72.5 cm³/mol. The monoisotopic (exact) mass is 259 g/mol. The van der Waals surface area contributed by atoms with Crippen LogP contribution in [0, 0.1) is 11.0 Å². The molecule has 0 radical (unpaired) electrons. The van der Waals surface area contributed by atoms with Crippen LogP contribution in [0.4, 0.5) is 10.1 Å². The molecular formula is C15H14FNO2. The highest BCUT2D eigenvalue weighted by atomic mass is 19.1. The fraction of sp³-hybridized carbons (Fsp3) is 0.133. The summed E-state index contributed by atoms with van der Waals surface area (Å²) >= 11 is 0. The van der Waals surface area contributed by atoms with Gasteiger partial charge in [-0.3, -0.25) is 0 Å². The molecule has 3 nitrogen and oxygen atoms in total. The van der Waals surface area contributed by atoms with E-state index in [4.69, 9.17) is 4.74 Å². The summed E-state index contributed by atoms with van der Waals surface area (Å²) in [6, 6.07) is 12.6. The van der Waals surface area contributed by atoms with Crippen molar-refractivity contribution in [2.75, 3.05) is 6.61 Å². The molecule has 0 heterocycles. The van der Waals surface area contributed by atoms with Crippen LogP contribution in [0.15, 0.2) is 48.5 Å². The van der Waals surface area contributed by atoms with E-state index in [1.54, 1.807) is 24.3 Å². The zero-order valence-corrected chi connectivity index (χ0v) is 10.5. The highest BCUT2D eigenvalue weighted by Crippen LogP contribution is 2.14. The molecule has 0 aliphatic heterocycles. The number of halogens is 1. The molecule has 0 bridgehead atoms. The summed E-state index contributed by atoms with van der Waals surface area (Å²) in [4.78, 5) is 0. The molecule has 0 spiro atoms. The molecule has 2 rings (SSSR count). The Morgan fingerprint density at radius 3 is 2.32 bits per heavy atom. The average Bonchev–Trinajstić information content (AvgIpc) is 2.42. The minimum Gasteiger partial charge on any atom is -0.618 e. The number of hydrogen-bond acceptors (Lipinski definition) is 2. The average molecular weight is 259 g/mol. The number of hydrogen-bond donors (Lipinski definition) is 0. The van der Waals surface area contributed by atoms with Crippen molar-refractivity contribution in [2.45, 2.75) is 6.92 Å². The van der Waals surface area contributed by atoms with Crippen LogP contribution in [0.25, 0.3) is 0 Å². The summed E-state index contributed by atoms with van der Waals surface area (Å²) in [5.74, 6) is 0.400. The van der Waals surface area contributed by atoms with Gasteiger partial charge in [-0.25, -0.2) is 4.39 Å². The Balaban J connectivity index is 2.17. The summed E-state index contributed by atoms with van der Waals surface area (Å²) in [6.07, 6.45) is 1.43. The van der Waals surface area contributed by atoms with Crippen LogP contribution in [-0.2, 0) is 0 Å². The Hall–Kier alpha value is -2.36. The first-order valence-electron chi connectivity index (χ1n) is 5.98. The molecule has 0 unspecified atom stereocenters. The lowest BCUT2D eigenvalue weighted by Gasteiger charge is -2.04. The van der Waals surface area contributed by atoms with Gasteiger partial charge in [0.15, 0.2) is 6.21 Å². The van der Waals surface area contributed by atoms with Crippen LogP contribution in [-0.4, -0.2) is 17.6 Å². The Bertz CT molecular complexity index is 562.